The molecule has 0 aromatic heterocycles. The number of rotatable bonds is 6. The molecule has 0 saturated heterocycles. The molecule has 0 fully saturated rings. The van der Waals surface area contributed by atoms with E-state index in [2.05, 4.69) is 11.1 Å². The molecule has 0 radical (unpaired) electrons. The van der Waals surface area contributed by atoms with Crippen LogP contribution in [0.5, 0.6) is 0 Å². The quantitative estimate of drug-likeness (QED) is 0.321. The molecular formula is C8H12NO4P. The Hall–Kier alpha value is -1.03. The summed E-state index contributed by atoms with van der Waals surface area (Å²) in [6.07, 6.45) is 6.87. The van der Waals surface area contributed by atoms with E-state index < -0.39 is 13.9 Å². The van der Waals surface area contributed by atoms with Gasteiger partial charge in [0.1, 0.15) is 6.10 Å². The summed E-state index contributed by atoms with van der Waals surface area (Å²) in [5.41, 5.74) is 0. The molecule has 0 bridgehead atoms. The van der Waals surface area contributed by atoms with E-state index in [0.29, 0.717) is 0 Å². The molecule has 0 aliphatic heterocycles. The Morgan fingerprint density at radius 2 is 2.21 bits per heavy atom. The first-order chi connectivity index (χ1) is 6.55. The van der Waals surface area contributed by atoms with Crippen molar-refractivity contribution in [3.05, 3.63) is 41.9 Å². The zero-order valence-corrected chi connectivity index (χ0v) is 8.63. The van der Waals surface area contributed by atoms with Gasteiger partial charge in [0.2, 0.25) is 0 Å². The topological polar surface area (TPSA) is 76.0 Å². The van der Waals surface area contributed by atoms with Crippen molar-refractivity contribution in [3.8, 4) is 0 Å². The summed E-state index contributed by atoms with van der Waals surface area (Å²) < 4.78 is 15.3. The van der Waals surface area contributed by atoms with Gasteiger partial charge in [-0.2, -0.15) is 0 Å². The average molecular weight is 217 g/mol. The van der Waals surface area contributed by atoms with Crippen molar-refractivity contribution < 1.29 is 14.0 Å². The monoisotopic (exact) mass is 217 g/mol. The molecule has 0 amide bonds. The van der Waals surface area contributed by atoms with Crippen LogP contribution >= 0.6 is 7.75 Å². The SMILES string of the molecule is C=C/C=C\C(C=CC)OP(=O)(O)N=O. The van der Waals surface area contributed by atoms with Gasteiger partial charge in [0.25, 0.3) is 0 Å². The second-order valence-electron chi connectivity index (χ2n) is 2.29. The zero-order valence-electron chi connectivity index (χ0n) is 7.74. The normalized spacial score (nSPS) is 18.1. The molecule has 2 atom stereocenters. The highest BCUT2D eigenvalue weighted by Crippen LogP contribution is 2.44. The Morgan fingerprint density at radius 1 is 1.57 bits per heavy atom. The van der Waals surface area contributed by atoms with Crippen molar-refractivity contribution in [1.82, 2.24) is 0 Å². The maximum atomic E-state index is 10.8. The van der Waals surface area contributed by atoms with Gasteiger partial charge in [-0.3, -0.25) is 4.52 Å². The minimum atomic E-state index is -4.37. The number of hydrogen-bond donors (Lipinski definition) is 1. The third kappa shape index (κ3) is 5.59. The first-order valence-corrected chi connectivity index (χ1v) is 5.37. The highest BCUT2D eigenvalue weighted by Gasteiger charge is 2.23. The van der Waals surface area contributed by atoms with E-state index in [1.165, 1.54) is 24.3 Å². The van der Waals surface area contributed by atoms with Crippen molar-refractivity contribution in [2.75, 3.05) is 0 Å². The third-order valence-electron chi connectivity index (χ3n) is 1.18. The van der Waals surface area contributed by atoms with Gasteiger partial charge in [-0.15, -0.1) is 4.91 Å². The molecule has 14 heavy (non-hydrogen) atoms. The molecule has 0 aromatic carbocycles. The molecule has 0 aromatic rings. The van der Waals surface area contributed by atoms with E-state index in [4.69, 9.17) is 4.89 Å². The predicted molar refractivity (Wildman–Crippen MR) is 54.6 cm³/mol. The Balaban J connectivity index is 4.52. The molecule has 0 rings (SSSR count). The van der Waals surface area contributed by atoms with Crippen molar-refractivity contribution in [1.29, 1.82) is 0 Å². The molecule has 78 valence electrons. The van der Waals surface area contributed by atoms with E-state index in [0.717, 1.165) is 0 Å². The Labute approximate surface area is 82.3 Å². The molecule has 0 aliphatic rings. The van der Waals surface area contributed by atoms with Crippen LogP contribution in [-0.2, 0) is 9.09 Å². The van der Waals surface area contributed by atoms with Crippen molar-refractivity contribution >= 4 is 7.75 Å². The van der Waals surface area contributed by atoms with Crippen LogP contribution in [0.3, 0.4) is 0 Å². The lowest BCUT2D eigenvalue weighted by Gasteiger charge is -2.09. The largest absolute Gasteiger partial charge is 0.488 e. The van der Waals surface area contributed by atoms with Crippen LogP contribution in [0.4, 0.5) is 0 Å². The summed E-state index contributed by atoms with van der Waals surface area (Å²) in [7, 11) is -4.37. The number of hydrogen-bond acceptors (Lipinski definition) is 3. The molecular weight excluding hydrogens is 205 g/mol. The fraction of sp³-hybridized carbons (Fsp3) is 0.250. The fourth-order valence-electron chi connectivity index (χ4n) is 0.690. The first-order valence-electron chi connectivity index (χ1n) is 3.84. The molecule has 1 N–H and O–H groups in total. The molecule has 2 unspecified atom stereocenters. The molecule has 0 heterocycles. The van der Waals surface area contributed by atoms with E-state index in [9.17, 15) is 9.47 Å². The second kappa shape index (κ2) is 6.43. The van der Waals surface area contributed by atoms with Crippen LogP contribution in [0.2, 0.25) is 0 Å². The van der Waals surface area contributed by atoms with Gasteiger partial charge in [0.15, 0.2) is 0 Å². The lowest BCUT2D eigenvalue weighted by molar-refractivity contribution is 0.244. The first kappa shape index (κ1) is 13.0. The van der Waals surface area contributed by atoms with Gasteiger partial charge in [0, 0.05) is 4.95 Å². The Morgan fingerprint density at radius 3 is 2.64 bits per heavy atom. The van der Waals surface area contributed by atoms with Gasteiger partial charge in [0.05, 0.1) is 0 Å². The van der Waals surface area contributed by atoms with Crippen LogP contribution in [0.25, 0.3) is 0 Å². The van der Waals surface area contributed by atoms with E-state index >= 15 is 0 Å². The van der Waals surface area contributed by atoms with Gasteiger partial charge >= 0.3 is 7.75 Å². The molecule has 0 spiro atoms. The van der Waals surface area contributed by atoms with Crippen LogP contribution in [0.1, 0.15) is 6.92 Å². The zero-order chi connectivity index (χ0) is 11.0. The van der Waals surface area contributed by atoms with E-state index in [-0.39, 0.29) is 0 Å². The Bertz CT molecular complexity index is 298. The number of nitrogens with zero attached hydrogens (tertiary/aromatic N) is 1. The Kier molecular flexibility index (Phi) is 5.95. The maximum absolute atomic E-state index is 10.8. The smallest absolute Gasteiger partial charge is 0.305 e. The minimum absolute atomic E-state index is 0.758. The highest BCUT2D eigenvalue weighted by molar-refractivity contribution is 7.51. The van der Waals surface area contributed by atoms with Crippen molar-refractivity contribution in [3.63, 3.8) is 0 Å². The van der Waals surface area contributed by atoms with Crippen LogP contribution in [0, 0.1) is 4.91 Å². The lowest BCUT2D eigenvalue weighted by atomic mass is 10.3. The number of allylic oxidation sites excluding steroid dienone is 3. The molecule has 0 aliphatic carbocycles. The molecule has 6 heteroatoms. The summed E-state index contributed by atoms with van der Waals surface area (Å²) >= 11 is 0. The van der Waals surface area contributed by atoms with Crippen LogP contribution in [0.15, 0.2) is 41.9 Å². The summed E-state index contributed by atoms with van der Waals surface area (Å²) in [6, 6.07) is 0. The minimum Gasteiger partial charge on any atom is -0.305 e. The van der Waals surface area contributed by atoms with Gasteiger partial charge in [-0.25, -0.2) is 4.57 Å². The van der Waals surface area contributed by atoms with Crippen LogP contribution in [-0.4, -0.2) is 11.0 Å². The predicted octanol–water partition coefficient (Wildman–Crippen LogP) is 2.56. The van der Waals surface area contributed by atoms with Crippen LogP contribution < -0.4 is 0 Å². The summed E-state index contributed by atoms with van der Waals surface area (Å²) in [4.78, 5) is 20.7. The van der Waals surface area contributed by atoms with Gasteiger partial charge in [-0.1, -0.05) is 37.0 Å². The second-order valence-corrected chi connectivity index (χ2v) is 3.64. The lowest BCUT2D eigenvalue weighted by Crippen LogP contribution is -2.03. The average Bonchev–Trinajstić information content (AvgIpc) is 2.14. The van der Waals surface area contributed by atoms with Gasteiger partial charge < -0.3 is 4.89 Å². The van der Waals surface area contributed by atoms with Gasteiger partial charge in [-0.05, 0) is 6.92 Å². The van der Waals surface area contributed by atoms with Crippen molar-refractivity contribution in [2.45, 2.75) is 13.0 Å². The summed E-state index contributed by atoms with van der Waals surface area (Å²) in [6.45, 7) is 5.14. The number of nitroso groups, excluding NO2 is 1. The van der Waals surface area contributed by atoms with Crippen molar-refractivity contribution in [2.24, 2.45) is 4.95 Å². The van der Waals surface area contributed by atoms with E-state index in [1.54, 1.807) is 13.0 Å². The fourth-order valence-corrected chi connectivity index (χ4v) is 1.19. The summed E-state index contributed by atoms with van der Waals surface area (Å²) in [5.74, 6) is 0. The standard InChI is InChI=1S/C8H12NO4P/c1-3-5-7-8(6-4-2)13-14(11,12)9-10/h3-8H,1H2,2H3,(H,11,12)/b6-4?,7-5-. The van der Waals surface area contributed by atoms with E-state index in [1.807, 2.05) is 4.95 Å². The summed E-state index contributed by atoms with van der Waals surface area (Å²) in [5, 5.41) is 0. The molecule has 5 nitrogen and oxygen atoms in total. The maximum Gasteiger partial charge on any atom is 0.488 e. The highest BCUT2D eigenvalue weighted by atomic mass is 31.2. The third-order valence-corrected chi connectivity index (χ3v) is 1.91. The molecule has 0 saturated carbocycles.